The van der Waals surface area contributed by atoms with Crippen molar-refractivity contribution in [1.29, 1.82) is 0 Å². The maximum atomic E-state index is 11.4. The number of carbonyl (C=O) groups is 3. The van der Waals surface area contributed by atoms with Crippen molar-refractivity contribution in [3.05, 3.63) is 0 Å². The summed E-state index contributed by atoms with van der Waals surface area (Å²) in [5.74, 6) is 0. The minimum Gasteiger partial charge on any atom is -0.336 e. The molecule has 128 valence electrons. The van der Waals surface area contributed by atoms with E-state index in [-0.39, 0.29) is 12.6 Å². The SMILES string of the molecule is O=C(N=NC(=O)NCCN1CCNC1=O)NCCN1CCNC1. The van der Waals surface area contributed by atoms with Crippen molar-refractivity contribution in [3.63, 3.8) is 0 Å². The van der Waals surface area contributed by atoms with E-state index in [1.165, 1.54) is 0 Å². The molecule has 2 aliphatic rings. The lowest BCUT2D eigenvalue weighted by molar-refractivity contribution is 0.216. The Labute approximate surface area is 133 Å². The minimum atomic E-state index is -0.705. The first-order valence-corrected chi connectivity index (χ1v) is 7.58. The molecule has 6 amide bonds. The van der Waals surface area contributed by atoms with Gasteiger partial charge < -0.3 is 26.2 Å². The van der Waals surface area contributed by atoms with Gasteiger partial charge in [-0.2, -0.15) is 0 Å². The van der Waals surface area contributed by atoms with E-state index in [4.69, 9.17) is 0 Å². The molecule has 0 saturated carbocycles. The molecule has 0 aliphatic carbocycles. The van der Waals surface area contributed by atoms with Crippen LogP contribution in [0.3, 0.4) is 0 Å². The van der Waals surface area contributed by atoms with Gasteiger partial charge in [-0.25, -0.2) is 14.4 Å². The van der Waals surface area contributed by atoms with Gasteiger partial charge in [0, 0.05) is 59.0 Å². The zero-order valence-corrected chi connectivity index (χ0v) is 12.9. The molecule has 11 nitrogen and oxygen atoms in total. The lowest BCUT2D eigenvalue weighted by Gasteiger charge is -2.13. The fraction of sp³-hybridized carbons (Fsp3) is 0.750. The normalized spacial score (nSPS) is 18.4. The number of carbonyl (C=O) groups excluding carboxylic acids is 3. The molecule has 2 rings (SSSR count). The summed E-state index contributed by atoms with van der Waals surface area (Å²) in [4.78, 5) is 37.8. The summed E-state index contributed by atoms with van der Waals surface area (Å²) >= 11 is 0. The first-order chi connectivity index (χ1) is 11.1. The highest BCUT2D eigenvalue weighted by atomic mass is 16.2. The van der Waals surface area contributed by atoms with E-state index >= 15 is 0 Å². The van der Waals surface area contributed by atoms with E-state index in [0.717, 1.165) is 26.3 Å². The molecular weight excluding hydrogens is 304 g/mol. The third-order valence-electron chi connectivity index (χ3n) is 3.48. The molecule has 2 saturated heterocycles. The van der Waals surface area contributed by atoms with Gasteiger partial charge in [0.2, 0.25) is 0 Å². The molecule has 0 radical (unpaired) electrons. The first kappa shape index (κ1) is 17.1. The van der Waals surface area contributed by atoms with Crippen molar-refractivity contribution in [1.82, 2.24) is 31.1 Å². The van der Waals surface area contributed by atoms with E-state index in [0.29, 0.717) is 26.2 Å². The minimum absolute atomic E-state index is 0.145. The third-order valence-corrected chi connectivity index (χ3v) is 3.48. The molecule has 2 aliphatic heterocycles. The largest absolute Gasteiger partial charge is 0.359 e. The van der Waals surface area contributed by atoms with E-state index in [1.54, 1.807) is 4.90 Å². The lowest BCUT2D eigenvalue weighted by atomic mass is 10.5. The number of hydrogen-bond donors (Lipinski definition) is 4. The maximum absolute atomic E-state index is 11.4. The molecule has 0 bridgehead atoms. The quantitative estimate of drug-likeness (QED) is 0.453. The highest BCUT2D eigenvalue weighted by molar-refractivity contribution is 5.79. The molecule has 0 aromatic rings. The molecule has 0 unspecified atom stereocenters. The standard InChI is InChI=1S/C12H22N8O3/c21-10(14-2-6-19-5-1-13-9-19)17-18-11(22)15-3-7-20-8-4-16-12(20)23/h13H,1-9H2,(H,14,21)(H,15,22)(H,16,23). The molecular formula is C12H22N8O3. The Morgan fingerprint density at radius 1 is 1.04 bits per heavy atom. The Hall–Kier alpha value is -2.27. The molecule has 0 spiro atoms. The second-order valence-corrected chi connectivity index (χ2v) is 5.16. The number of nitrogens with one attached hydrogen (secondary N) is 4. The predicted octanol–water partition coefficient (Wildman–Crippen LogP) is -1.25. The number of amides is 6. The van der Waals surface area contributed by atoms with Gasteiger partial charge >= 0.3 is 18.1 Å². The van der Waals surface area contributed by atoms with Crippen molar-refractivity contribution in [2.24, 2.45) is 10.2 Å². The fourth-order valence-corrected chi connectivity index (χ4v) is 2.25. The summed E-state index contributed by atoms with van der Waals surface area (Å²) in [6.07, 6.45) is 0. The Bertz CT molecular complexity index is 463. The van der Waals surface area contributed by atoms with Crippen LogP contribution in [0, 0.1) is 0 Å². The molecule has 0 atom stereocenters. The van der Waals surface area contributed by atoms with Crippen molar-refractivity contribution in [2.75, 3.05) is 59.0 Å². The molecule has 2 heterocycles. The van der Waals surface area contributed by atoms with Crippen LogP contribution in [0.2, 0.25) is 0 Å². The molecule has 2 fully saturated rings. The van der Waals surface area contributed by atoms with Gasteiger partial charge in [0.15, 0.2) is 0 Å². The Morgan fingerprint density at radius 2 is 1.74 bits per heavy atom. The molecule has 23 heavy (non-hydrogen) atoms. The van der Waals surface area contributed by atoms with Gasteiger partial charge in [0.05, 0.1) is 0 Å². The van der Waals surface area contributed by atoms with Gasteiger partial charge in [-0.3, -0.25) is 4.90 Å². The first-order valence-electron chi connectivity index (χ1n) is 7.58. The topological polar surface area (TPSA) is 131 Å². The van der Waals surface area contributed by atoms with Gasteiger partial charge in [0.1, 0.15) is 0 Å². The second kappa shape index (κ2) is 9.00. The zero-order chi connectivity index (χ0) is 16.5. The summed E-state index contributed by atoms with van der Waals surface area (Å²) in [6.45, 7) is 5.77. The monoisotopic (exact) mass is 326 g/mol. The predicted molar refractivity (Wildman–Crippen MR) is 81.1 cm³/mol. The van der Waals surface area contributed by atoms with Gasteiger partial charge in [-0.1, -0.05) is 10.2 Å². The Balaban J connectivity index is 1.53. The third kappa shape index (κ3) is 6.16. The van der Waals surface area contributed by atoms with Crippen LogP contribution in [-0.4, -0.2) is 86.9 Å². The Kier molecular flexibility index (Phi) is 6.69. The van der Waals surface area contributed by atoms with Crippen molar-refractivity contribution < 1.29 is 14.4 Å². The van der Waals surface area contributed by atoms with Crippen LogP contribution in [0.1, 0.15) is 0 Å². The molecule has 11 heteroatoms. The van der Waals surface area contributed by atoms with Crippen LogP contribution in [0.25, 0.3) is 0 Å². The molecule has 0 aromatic carbocycles. The van der Waals surface area contributed by atoms with Crippen LogP contribution in [-0.2, 0) is 0 Å². The van der Waals surface area contributed by atoms with E-state index in [9.17, 15) is 14.4 Å². The smallest absolute Gasteiger partial charge is 0.336 e. The molecule has 4 N–H and O–H groups in total. The second-order valence-electron chi connectivity index (χ2n) is 5.16. The van der Waals surface area contributed by atoms with E-state index < -0.39 is 12.1 Å². The lowest BCUT2D eigenvalue weighted by Crippen LogP contribution is -2.36. The van der Waals surface area contributed by atoms with Gasteiger partial charge in [0.25, 0.3) is 0 Å². The molecule has 0 aromatic heterocycles. The van der Waals surface area contributed by atoms with Crippen LogP contribution in [0.15, 0.2) is 10.2 Å². The van der Waals surface area contributed by atoms with Crippen LogP contribution < -0.4 is 21.3 Å². The van der Waals surface area contributed by atoms with Crippen LogP contribution in [0.4, 0.5) is 14.4 Å². The van der Waals surface area contributed by atoms with E-state index in [1.807, 2.05) is 0 Å². The average Bonchev–Trinajstić information content (AvgIpc) is 3.18. The number of urea groups is 3. The fourth-order valence-electron chi connectivity index (χ4n) is 2.25. The Morgan fingerprint density at radius 3 is 2.30 bits per heavy atom. The van der Waals surface area contributed by atoms with E-state index in [2.05, 4.69) is 36.4 Å². The summed E-state index contributed by atoms with van der Waals surface area (Å²) < 4.78 is 0. The summed E-state index contributed by atoms with van der Waals surface area (Å²) in [5.41, 5.74) is 0. The van der Waals surface area contributed by atoms with Gasteiger partial charge in [-0.05, 0) is 0 Å². The summed E-state index contributed by atoms with van der Waals surface area (Å²) in [7, 11) is 0. The maximum Gasteiger partial charge on any atom is 0.359 e. The highest BCUT2D eigenvalue weighted by Crippen LogP contribution is 1.94. The van der Waals surface area contributed by atoms with Crippen LogP contribution >= 0.6 is 0 Å². The number of rotatable bonds is 6. The number of azo groups is 1. The number of nitrogens with zero attached hydrogens (tertiary/aromatic N) is 4. The van der Waals surface area contributed by atoms with Crippen LogP contribution in [0.5, 0.6) is 0 Å². The van der Waals surface area contributed by atoms with Crippen molar-refractivity contribution >= 4 is 18.1 Å². The summed E-state index contributed by atoms with van der Waals surface area (Å²) in [6, 6.07) is -1.50. The zero-order valence-electron chi connectivity index (χ0n) is 12.9. The van der Waals surface area contributed by atoms with Gasteiger partial charge in [-0.15, -0.1) is 0 Å². The summed E-state index contributed by atoms with van der Waals surface area (Å²) in [5, 5.41) is 17.4. The highest BCUT2D eigenvalue weighted by Gasteiger charge is 2.18. The average molecular weight is 326 g/mol. The van der Waals surface area contributed by atoms with Crippen molar-refractivity contribution in [3.8, 4) is 0 Å². The number of hydrogen-bond acceptors (Lipinski definition) is 5. The van der Waals surface area contributed by atoms with Crippen molar-refractivity contribution in [2.45, 2.75) is 0 Å².